The maximum absolute atomic E-state index is 11.3. The van der Waals surface area contributed by atoms with Crippen LogP contribution in [0, 0.1) is 0 Å². The van der Waals surface area contributed by atoms with E-state index in [1.54, 1.807) is 11.3 Å². The third-order valence-corrected chi connectivity index (χ3v) is 6.03. The molecule has 3 rings (SSSR count). The first-order chi connectivity index (χ1) is 9.61. The molecule has 2 aromatic rings. The highest BCUT2D eigenvalue weighted by Crippen LogP contribution is 2.34. The van der Waals surface area contributed by atoms with Gasteiger partial charge in [-0.25, -0.2) is 0 Å². The van der Waals surface area contributed by atoms with Gasteiger partial charge < -0.3 is 15.4 Å². The Kier molecular flexibility index (Phi) is 4.00. The monoisotopic (exact) mass is 416 g/mol. The Morgan fingerprint density at radius 1 is 1.35 bits per heavy atom. The molecule has 0 atom stereocenters. The highest BCUT2D eigenvalue weighted by atomic mass is 79.9. The zero-order chi connectivity index (χ0) is 14.1. The molecular formula is C13H10Br2N2O2S. The van der Waals surface area contributed by atoms with Crippen LogP contribution in [0.4, 0.5) is 11.4 Å². The molecule has 2 N–H and O–H groups in total. The molecule has 1 aliphatic heterocycles. The largest absolute Gasteiger partial charge is 0.482 e. The molecule has 0 spiro atoms. The average molecular weight is 418 g/mol. The van der Waals surface area contributed by atoms with Gasteiger partial charge in [0.1, 0.15) is 5.75 Å². The quantitative estimate of drug-likeness (QED) is 0.786. The van der Waals surface area contributed by atoms with E-state index < -0.39 is 0 Å². The lowest BCUT2D eigenvalue weighted by molar-refractivity contribution is -0.118. The molecule has 1 aliphatic rings. The summed E-state index contributed by atoms with van der Waals surface area (Å²) >= 11 is 8.62. The van der Waals surface area contributed by atoms with Crippen molar-refractivity contribution < 1.29 is 9.53 Å². The lowest BCUT2D eigenvalue weighted by Gasteiger charge is -2.18. The highest BCUT2D eigenvalue weighted by molar-refractivity contribution is 9.13. The van der Waals surface area contributed by atoms with Gasteiger partial charge in [-0.15, -0.1) is 11.3 Å². The van der Waals surface area contributed by atoms with Crippen LogP contribution in [0.25, 0.3) is 0 Å². The van der Waals surface area contributed by atoms with Crippen molar-refractivity contribution in [1.82, 2.24) is 0 Å². The molecule has 0 unspecified atom stereocenters. The zero-order valence-electron chi connectivity index (χ0n) is 10.2. The van der Waals surface area contributed by atoms with Crippen LogP contribution < -0.4 is 15.4 Å². The van der Waals surface area contributed by atoms with E-state index in [9.17, 15) is 4.79 Å². The molecule has 1 amide bonds. The molecule has 104 valence electrons. The minimum absolute atomic E-state index is 0.0804. The molecule has 20 heavy (non-hydrogen) atoms. The second kappa shape index (κ2) is 5.75. The molecule has 4 nitrogen and oxygen atoms in total. The fraction of sp³-hybridized carbons (Fsp3) is 0.154. The van der Waals surface area contributed by atoms with Crippen molar-refractivity contribution in [3.63, 3.8) is 0 Å². The van der Waals surface area contributed by atoms with Crippen LogP contribution in [0.1, 0.15) is 4.88 Å². The summed E-state index contributed by atoms with van der Waals surface area (Å²) in [7, 11) is 0. The Morgan fingerprint density at radius 2 is 2.20 bits per heavy atom. The molecule has 0 bridgehead atoms. The van der Waals surface area contributed by atoms with Gasteiger partial charge in [0.2, 0.25) is 0 Å². The lowest BCUT2D eigenvalue weighted by atomic mass is 10.2. The topological polar surface area (TPSA) is 50.4 Å². The first kappa shape index (κ1) is 13.9. The number of hydrogen-bond acceptors (Lipinski definition) is 4. The minimum Gasteiger partial charge on any atom is -0.482 e. The lowest BCUT2D eigenvalue weighted by Crippen LogP contribution is -2.25. The highest BCUT2D eigenvalue weighted by Gasteiger charge is 2.15. The number of ether oxygens (including phenoxy) is 1. The summed E-state index contributed by atoms with van der Waals surface area (Å²) in [5.74, 6) is 0.581. The molecule has 0 aliphatic carbocycles. The van der Waals surface area contributed by atoms with Crippen molar-refractivity contribution in [1.29, 1.82) is 0 Å². The number of halogens is 2. The Bertz CT molecular complexity index is 653. The van der Waals surface area contributed by atoms with Crippen LogP contribution in [0.15, 0.2) is 32.5 Å². The van der Waals surface area contributed by atoms with Crippen LogP contribution in [-0.2, 0) is 11.3 Å². The second-order valence-corrected chi connectivity index (χ2v) is 7.54. The van der Waals surface area contributed by atoms with Gasteiger partial charge in [-0.2, -0.15) is 0 Å². The number of hydrogen-bond donors (Lipinski definition) is 2. The van der Waals surface area contributed by atoms with Crippen molar-refractivity contribution in [3.8, 4) is 5.75 Å². The summed E-state index contributed by atoms with van der Waals surface area (Å²) in [6, 6.07) is 7.75. The number of amides is 1. The van der Waals surface area contributed by atoms with Gasteiger partial charge in [-0.1, -0.05) is 0 Å². The van der Waals surface area contributed by atoms with E-state index in [-0.39, 0.29) is 12.5 Å². The Hall–Kier alpha value is -1.05. The van der Waals surface area contributed by atoms with Crippen LogP contribution in [0.2, 0.25) is 0 Å². The predicted octanol–water partition coefficient (Wildman–Crippen LogP) is 4.22. The number of benzene rings is 1. The van der Waals surface area contributed by atoms with Gasteiger partial charge >= 0.3 is 0 Å². The molecule has 0 saturated carbocycles. The van der Waals surface area contributed by atoms with Gasteiger partial charge in [-0.05, 0) is 56.1 Å². The van der Waals surface area contributed by atoms with E-state index in [0.717, 1.165) is 20.5 Å². The van der Waals surface area contributed by atoms with E-state index in [4.69, 9.17) is 4.74 Å². The van der Waals surface area contributed by atoms with Crippen LogP contribution in [-0.4, -0.2) is 12.5 Å². The van der Waals surface area contributed by atoms with Crippen molar-refractivity contribution in [2.75, 3.05) is 17.2 Å². The number of rotatable bonds is 3. The summed E-state index contributed by atoms with van der Waals surface area (Å²) in [5, 5.41) is 6.12. The van der Waals surface area contributed by atoms with Gasteiger partial charge in [0.15, 0.2) is 6.61 Å². The van der Waals surface area contributed by atoms with Gasteiger partial charge in [0.05, 0.1) is 9.47 Å². The van der Waals surface area contributed by atoms with Crippen molar-refractivity contribution in [2.45, 2.75) is 6.54 Å². The maximum Gasteiger partial charge on any atom is 0.262 e. The number of fused-ring (bicyclic) bond motifs is 1. The minimum atomic E-state index is -0.124. The number of nitrogens with one attached hydrogen (secondary N) is 2. The molecule has 0 fully saturated rings. The molecule has 1 aromatic heterocycles. The Labute approximate surface area is 136 Å². The molecule has 7 heteroatoms. The fourth-order valence-corrected chi connectivity index (χ4v) is 3.98. The van der Waals surface area contributed by atoms with Crippen molar-refractivity contribution in [3.05, 3.63) is 37.4 Å². The number of carbonyl (C=O) groups excluding carboxylic acids is 1. The Morgan fingerprint density at radius 3 is 2.95 bits per heavy atom. The normalized spacial score (nSPS) is 13.4. The van der Waals surface area contributed by atoms with Crippen LogP contribution >= 0.6 is 43.2 Å². The average Bonchev–Trinajstić information content (AvgIpc) is 2.75. The molecule has 2 heterocycles. The van der Waals surface area contributed by atoms with Gasteiger partial charge in [0.25, 0.3) is 5.91 Å². The van der Waals surface area contributed by atoms with E-state index in [0.29, 0.717) is 11.4 Å². The summed E-state index contributed by atoms with van der Waals surface area (Å²) < 4.78 is 7.47. The molecule has 0 radical (unpaired) electrons. The first-order valence-electron chi connectivity index (χ1n) is 5.86. The number of carbonyl (C=O) groups is 1. The Balaban J connectivity index is 1.72. The van der Waals surface area contributed by atoms with Crippen LogP contribution in [0.3, 0.4) is 0 Å². The van der Waals surface area contributed by atoms with E-state index in [2.05, 4.69) is 48.6 Å². The smallest absolute Gasteiger partial charge is 0.262 e. The SMILES string of the molecule is O=C1COc2ccc(NCc3cc(Br)c(Br)s3)cc2N1. The van der Waals surface area contributed by atoms with Gasteiger partial charge in [0, 0.05) is 21.6 Å². The number of anilines is 2. The van der Waals surface area contributed by atoms with Crippen molar-refractivity contribution >= 4 is 60.5 Å². The fourth-order valence-electron chi connectivity index (χ4n) is 1.86. The predicted molar refractivity (Wildman–Crippen MR) is 87.6 cm³/mol. The van der Waals surface area contributed by atoms with Crippen molar-refractivity contribution in [2.24, 2.45) is 0 Å². The van der Waals surface area contributed by atoms with E-state index in [1.807, 2.05) is 18.2 Å². The molecular weight excluding hydrogens is 408 g/mol. The standard InChI is InChI=1S/C13H10Br2N2O2S/c14-9-4-8(20-13(9)15)5-16-7-1-2-11-10(3-7)17-12(18)6-19-11/h1-4,16H,5-6H2,(H,17,18). The van der Waals surface area contributed by atoms with Gasteiger partial charge in [-0.3, -0.25) is 4.79 Å². The summed E-state index contributed by atoms with van der Waals surface area (Å²) in [5.41, 5.74) is 1.65. The summed E-state index contributed by atoms with van der Waals surface area (Å²) in [6.45, 7) is 0.805. The third kappa shape index (κ3) is 2.99. The summed E-state index contributed by atoms with van der Waals surface area (Å²) in [6.07, 6.45) is 0. The second-order valence-electron chi connectivity index (χ2n) is 4.24. The summed E-state index contributed by atoms with van der Waals surface area (Å²) in [4.78, 5) is 12.5. The number of thiophene rings is 1. The maximum atomic E-state index is 11.3. The van der Waals surface area contributed by atoms with E-state index >= 15 is 0 Å². The molecule has 1 aromatic carbocycles. The van der Waals surface area contributed by atoms with Crippen LogP contribution in [0.5, 0.6) is 5.75 Å². The zero-order valence-corrected chi connectivity index (χ0v) is 14.2. The van der Waals surface area contributed by atoms with E-state index in [1.165, 1.54) is 4.88 Å². The third-order valence-electron chi connectivity index (χ3n) is 2.78. The first-order valence-corrected chi connectivity index (χ1v) is 8.26. The molecule has 0 saturated heterocycles.